The Balaban J connectivity index is 2.33. The van der Waals surface area contributed by atoms with E-state index in [1.165, 1.54) is 47.2 Å². The number of carbonyl (C=O) groups excluding carboxylic acids is 1. The molecule has 0 radical (unpaired) electrons. The third kappa shape index (κ3) is 4.18. The molecule has 9 heteroatoms. The van der Waals surface area contributed by atoms with Gasteiger partial charge < -0.3 is 28.4 Å². The average Bonchev–Trinajstić information content (AvgIpc) is 2.95. The minimum absolute atomic E-state index is 0.00365. The summed E-state index contributed by atoms with van der Waals surface area (Å²) in [5, 5.41) is 0.724. The van der Waals surface area contributed by atoms with E-state index in [0.717, 1.165) is 0 Å². The van der Waals surface area contributed by atoms with E-state index >= 15 is 0 Å². The summed E-state index contributed by atoms with van der Waals surface area (Å²) >= 11 is 0. The van der Waals surface area contributed by atoms with Crippen LogP contribution in [0, 0.1) is 0 Å². The molecule has 0 bridgehead atoms. The molecule has 0 N–H and O–H groups in total. The van der Waals surface area contributed by atoms with E-state index in [9.17, 15) is 9.59 Å². The first-order valence-corrected chi connectivity index (χ1v) is 11.2. The zero-order valence-electron chi connectivity index (χ0n) is 21.4. The fourth-order valence-electron chi connectivity index (χ4n) is 4.41. The fraction of sp³-hybridized carbons (Fsp3) is 0.214. The minimum Gasteiger partial charge on any atom is -0.493 e. The molecule has 0 spiro atoms. The number of hydrogen-bond acceptors (Lipinski definition) is 8. The highest BCUT2D eigenvalue weighted by molar-refractivity contribution is 6.09. The largest absolute Gasteiger partial charge is 0.493 e. The Bertz CT molecular complexity index is 1530. The van der Waals surface area contributed by atoms with Crippen molar-refractivity contribution < 1.29 is 33.2 Å². The summed E-state index contributed by atoms with van der Waals surface area (Å²) in [6.07, 6.45) is 0. The second-order valence-corrected chi connectivity index (χ2v) is 7.83. The van der Waals surface area contributed by atoms with E-state index in [4.69, 9.17) is 28.4 Å². The number of methoxy groups -OCH3 is 6. The molecule has 0 saturated heterocycles. The number of nitrogens with zero attached hydrogens (tertiary/aromatic N) is 1. The lowest BCUT2D eigenvalue weighted by atomic mass is 9.94. The monoisotopic (exact) mass is 505 g/mol. The van der Waals surface area contributed by atoms with Crippen LogP contribution >= 0.6 is 0 Å². The van der Waals surface area contributed by atoms with Crippen molar-refractivity contribution >= 4 is 16.7 Å². The molecule has 9 nitrogen and oxygen atoms in total. The van der Waals surface area contributed by atoms with E-state index in [1.807, 2.05) is 6.07 Å². The quantitative estimate of drug-likeness (QED) is 0.324. The van der Waals surface area contributed by atoms with Crippen LogP contribution in [0.3, 0.4) is 0 Å². The lowest BCUT2D eigenvalue weighted by molar-refractivity contribution is 0.0591. The second kappa shape index (κ2) is 10.5. The van der Waals surface area contributed by atoms with Gasteiger partial charge in [-0.25, -0.2) is 4.79 Å². The predicted octanol–water partition coefficient (Wildman–Crippen LogP) is 4.49. The number of hydrogen-bond donors (Lipinski definition) is 0. The fourth-order valence-corrected chi connectivity index (χ4v) is 4.41. The van der Waals surface area contributed by atoms with Crippen LogP contribution in [0.1, 0.15) is 10.5 Å². The van der Waals surface area contributed by atoms with Crippen molar-refractivity contribution in [3.05, 3.63) is 70.6 Å². The van der Waals surface area contributed by atoms with Gasteiger partial charge in [-0.3, -0.25) is 9.36 Å². The van der Waals surface area contributed by atoms with Crippen LogP contribution in [0.25, 0.3) is 27.6 Å². The first-order valence-electron chi connectivity index (χ1n) is 11.2. The summed E-state index contributed by atoms with van der Waals surface area (Å²) in [6.45, 7) is 0. The molecule has 0 aliphatic heterocycles. The summed E-state index contributed by atoms with van der Waals surface area (Å²) in [5.41, 5.74) is 0.895. The number of aromatic nitrogens is 1. The molecule has 4 rings (SSSR count). The molecule has 0 atom stereocenters. The number of para-hydroxylation sites is 1. The molecular weight excluding hydrogens is 478 g/mol. The smallest absolute Gasteiger partial charge is 0.355 e. The van der Waals surface area contributed by atoms with Gasteiger partial charge in [0.1, 0.15) is 5.69 Å². The molecule has 1 aromatic heterocycles. The Morgan fingerprint density at radius 3 is 1.81 bits per heavy atom. The van der Waals surface area contributed by atoms with Crippen molar-refractivity contribution in [2.24, 2.45) is 0 Å². The van der Waals surface area contributed by atoms with Gasteiger partial charge in [-0.1, -0.05) is 18.2 Å². The third-order valence-electron chi connectivity index (χ3n) is 6.05. The molecule has 0 amide bonds. The van der Waals surface area contributed by atoms with Gasteiger partial charge in [0.25, 0.3) is 5.56 Å². The molecular formula is C28H27NO8. The Morgan fingerprint density at radius 2 is 1.27 bits per heavy atom. The molecule has 37 heavy (non-hydrogen) atoms. The van der Waals surface area contributed by atoms with Crippen molar-refractivity contribution in [1.29, 1.82) is 0 Å². The SMILES string of the molecule is COC(=O)c1c(-c2ccc(OC)c(OC)c2OC)c2cc(OC)c(OC)cc2c(=O)n1-c1ccccc1. The highest BCUT2D eigenvalue weighted by Crippen LogP contribution is 2.48. The number of benzene rings is 3. The van der Waals surface area contributed by atoms with E-state index in [2.05, 4.69) is 0 Å². The van der Waals surface area contributed by atoms with Crippen molar-refractivity contribution in [3.63, 3.8) is 0 Å². The van der Waals surface area contributed by atoms with Crippen LogP contribution in [0.15, 0.2) is 59.4 Å². The Morgan fingerprint density at radius 1 is 0.676 bits per heavy atom. The Kier molecular flexibility index (Phi) is 7.24. The topological polar surface area (TPSA) is 94.5 Å². The first-order chi connectivity index (χ1) is 17.9. The third-order valence-corrected chi connectivity index (χ3v) is 6.05. The Labute approximate surface area is 213 Å². The van der Waals surface area contributed by atoms with Crippen molar-refractivity contribution in [1.82, 2.24) is 4.57 Å². The van der Waals surface area contributed by atoms with Gasteiger partial charge in [-0.15, -0.1) is 0 Å². The van der Waals surface area contributed by atoms with Gasteiger partial charge in [0.05, 0.1) is 48.0 Å². The predicted molar refractivity (Wildman–Crippen MR) is 139 cm³/mol. The van der Waals surface area contributed by atoms with E-state index in [-0.39, 0.29) is 5.69 Å². The first kappa shape index (κ1) is 25.4. The Hall–Kier alpha value is -4.66. The number of rotatable bonds is 8. The maximum absolute atomic E-state index is 14.0. The summed E-state index contributed by atoms with van der Waals surface area (Å²) < 4.78 is 34.3. The van der Waals surface area contributed by atoms with Crippen LogP contribution in [0.4, 0.5) is 0 Å². The zero-order valence-corrected chi connectivity index (χ0v) is 21.4. The number of pyridine rings is 1. The summed E-state index contributed by atoms with van der Waals surface area (Å²) in [4.78, 5) is 27.4. The number of esters is 1. The molecule has 192 valence electrons. The summed E-state index contributed by atoms with van der Waals surface area (Å²) in [5.74, 6) is 1.09. The van der Waals surface area contributed by atoms with Crippen LogP contribution in [-0.2, 0) is 4.74 Å². The lowest BCUT2D eigenvalue weighted by Gasteiger charge is -2.22. The summed E-state index contributed by atoms with van der Waals surface area (Å²) in [6, 6.07) is 15.5. The molecule has 0 saturated carbocycles. The highest BCUT2D eigenvalue weighted by Gasteiger charge is 2.29. The summed E-state index contributed by atoms with van der Waals surface area (Å²) in [7, 11) is 8.72. The van der Waals surface area contributed by atoms with Crippen LogP contribution < -0.4 is 29.2 Å². The zero-order chi connectivity index (χ0) is 26.7. The molecule has 1 heterocycles. The number of fused-ring (bicyclic) bond motifs is 1. The van der Waals surface area contributed by atoms with Crippen LogP contribution in [0.5, 0.6) is 28.7 Å². The standard InChI is InChI=1S/C28H27NO8/c1-32-20-13-12-17(25(35-4)26(20)36-5)23-18-14-21(33-2)22(34-3)15-19(18)27(30)29(24(23)28(31)37-6)16-10-8-7-9-11-16/h7-15H,1-6H3. The molecule has 0 fully saturated rings. The van der Waals surface area contributed by atoms with Crippen molar-refractivity contribution in [3.8, 4) is 45.6 Å². The van der Waals surface area contributed by atoms with Gasteiger partial charge in [0, 0.05) is 22.2 Å². The lowest BCUT2D eigenvalue weighted by Crippen LogP contribution is -2.27. The van der Waals surface area contributed by atoms with Gasteiger partial charge in [-0.2, -0.15) is 0 Å². The van der Waals surface area contributed by atoms with E-state index in [0.29, 0.717) is 56.3 Å². The van der Waals surface area contributed by atoms with E-state index in [1.54, 1.807) is 48.5 Å². The normalized spacial score (nSPS) is 10.6. The van der Waals surface area contributed by atoms with E-state index < -0.39 is 11.5 Å². The highest BCUT2D eigenvalue weighted by atomic mass is 16.5. The van der Waals surface area contributed by atoms with Gasteiger partial charge in [-0.05, 0) is 36.4 Å². The van der Waals surface area contributed by atoms with Crippen molar-refractivity contribution in [2.45, 2.75) is 0 Å². The minimum atomic E-state index is -0.718. The van der Waals surface area contributed by atoms with Gasteiger partial charge >= 0.3 is 5.97 Å². The number of carbonyl (C=O) groups is 1. The molecule has 3 aromatic carbocycles. The number of ether oxygens (including phenoxy) is 6. The van der Waals surface area contributed by atoms with Crippen LogP contribution in [-0.4, -0.2) is 53.2 Å². The maximum atomic E-state index is 14.0. The maximum Gasteiger partial charge on any atom is 0.355 e. The molecule has 0 aliphatic rings. The molecule has 0 aliphatic carbocycles. The van der Waals surface area contributed by atoms with Crippen molar-refractivity contribution in [2.75, 3.05) is 42.7 Å². The molecule has 0 unspecified atom stereocenters. The van der Waals surface area contributed by atoms with Gasteiger partial charge in [0.2, 0.25) is 5.75 Å². The van der Waals surface area contributed by atoms with Gasteiger partial charge in [0.15, 0.2) is 23.0 Å². The second-order valence-electron chi connectivity index (χ2n) is 7.83. The average molecular weight is 506 g/mol. The molecule has 4 aromatic rings. The van der Waals surface area contributed by atoms with Crippen LogP contribution in [0.2, 0.25) is 0 Å².